The number of esters is 1. The van der Waals surface area contributed by atoms with Crippen LogP contribution < -0.4 is 5.32 Å². The molecule has 5 heteroatoms. The van der Waals surface area contributed by atoms with Crippen LogP contribution in [0.5, 0.6) is 0 Å². The lowest BCUT2D eigenvalue weighted by Crippen LogP contribution is -2.28. The Morgan fingerprint density at radius 3 is 2.68 bits per heavy atom. The lowest BCUT2D eigenvalue weighted by molar-refractivity contribution is -0.139. The molecule has 0 bridgehead atoms. The minimum atomic E-state index is -0.330. The van der Waals surface area contributed by atoms with Crippen molar-refractivity contribution in [2.24, 2.45) is 0 Å². The minimum absolute atomic E-state index is 0.108. The molecule has 2 aromatic rings. The molecule has 1 aromatic heterocycles. The normalized spacial score (nSPS) is 12.1. The highest BCUT2D eigenvalue weighted by molar-refractivity contribution is 7.10. The molecule has 1 heterocycles. The first-order chi connectivity index (χ1) is 9.20. The Balaban J connectivity index is 2.19. The molecule has 2 rings (SSSR count). The molecule has 0 aliphatic carbocycles. The molecule has 0 radical (unpaired) electrons. The van der Waals surface area contributed by atoms with Gasteiger partial charge in [-0.25, -0.2) is 4.39 Å². The third-order valence-electron chi connectivity index (χ3n) is 2.71. The zero-order chi connectivity index (χ0) is 13.7. The van der Waals surface area contributed by atoms with Crippen molar-refractivity contribution in [1.82, 2.24) is 5.32 Å². The molecule has 0 aliphatic heterocycles. The summed E-state index contributed by atoms with van der Waals surface area (Å²) in [5.74, 6) is -0.606. The van der Waals surface area contributed by atoms with E-state index in [0.29, 0.717) is 0 Å². The van der Waals surface area contributed by atoms with Gasteiger partial charge in [-0.15, -0.1) is 11.3 Å². The Bertz CT molecular complexity index is 525. The van der Waals surface area contributed by atoms with Gasteiger partial charge in [-0.3, -0.25) is 10.1 Å². The highest BCUT2D eigenvalue weighted by Crippen LogP contribution is 2.26. The SMILES string of the molecule is COC(=O)CN[C@@H](c1ccc(F)cc1)c1cccs1. The molecule has 19 heavy (non-hydrogen) atoms. The van der Waals surface area contributed by atoms with E-state index in [1.807, 2.05) is 17.5 Å². The van der Waals surface area contributed by atoms with Crippen LogP contribution in [0.25, 0.3) is 0 Å². The van der Waals surface area contributed by atoms with Gasteiger partial charge in [-0.05, 0) is 29.1 Å². The second-order valence-electron chi connectivity index (χ2n) is 3.96. The second-order valence-corrected chi connectivity index (χ2v) is 4.94. The maximum atomic E-state index is 13.0. The Kier molecular flexibility index (Phi) is 4.65. The van der Waals surface area contributed by atoms with Crippen LogP contribution in [0.15, 0.2) is 41.8 Å². The summed E-state index contributed by atoms with van der Waals surface area (Å²) in [6, 6.07) is 10.0. The van der Waals surface area contributed by atoms with E-state index in [4.69, 9.17) is 0 Å². The Morgan fingerprint density at radius 2 is 2.11 bits per heavy atom. The van der Waals surface area contributed by atoms with Crippen LogP contribution in [0.3, 0.4) is 0 Å². The van der Waals surface area contributed by atoms with Crippen LogP contribution in [-0.4, -0.2) is 19.6 Å². The van der Waals surface area contributed by atoms with Crippen molar-refractivity contribution >= 4 is 17.3 Å². The molecule has 100 valence electrons. The fourth-order valence-electron chi connectivity index (χ4n) is 1.75. The summed E-state index contributed by atoms with van der Waals surface area (Å²) in [6.07, 6.45) is 0. The molecule has 1 atom stereocenters. The standard InChI is InChI=1S/C14H14FNO2S/c1-18-13(17)9-16-14(12-3-2-8-19-12)10-4-6-11(15)7-5-10/h2-8,14,16H,9H2,1H3/t14-/m0/s1. The van der Waals surface area contributed by atoms with Crippen molar-refractivity contribution < 1.29 is 13.9 Å². The first kappa shape index (κ1) is 13.7. The summed E-state index contributed by atoms with van der Waals surface area (Å²) in [4.78, 5) is 12.3. The topological polar surface area (TPSA) is 38.3 Å². The number of methoxy groups -OCH3 is 1. The van der Waals surface area contributed by atoms with E-state index in [-0.39, 0.29) is 24.4 Å². The Labute approximate surface area is 115 Å². The lowest BCUT2D eigenvalue weighted by Gasteiger charge is -2.17. The molecule has 3 nitrogen and oxygen atoms in total. The monoisotopic (exact) mass is 279 g/mol. The summed E-state index contributed by atoms with van der Waals surface area (Å²) in [5, 5.41) is 5.09. The smallest absolute Gasteiger partial charge is 0.319 e. The number of thiophene rings is 1. The molecule has 0 aliphatic rings. The molecule has 1 N–H and O–H groups in total. The summed E-state index contributed by atoms with van der Waals surface area (Å²) in [5.41, 5.74) is 0.910. The van der Waals surface area contributed by atoms with Gasteiger partial charge in [-0.2, -0.15) is 0 Å². The summed E-state index contributed by atoms with van der Waals surface area (Å²) >= 11 is 1.58. The van der Waals surface area contributed by atoms with Gasteiger partial charge in [0.2, 0.25) is 0 Å². The molecule has 0 saturated carbocycles. The molecule has 1 aromatic carbocycles. The molecule has 0 fully saturated rings. The van der Waals surface area contributed by atoms with E-state index < -0.39 is 0 Å². The van der Waals surface area contributed by atoms with E-state index >= 15 is 0 Å². The number of hydrogen-bond donors (Lipinski definition) is 1. The van der Waals surface area contributed by atoms with Gasteiger partial charge < -0.3 is 4.74 Å². The average molecular weight is 279 g/mol. The molecule has 0 unspecified atom stereocenters. The van der Waals surface area contributed by atoms with E-state index in [0.717, 1.165) is 10.4 Å². The fraction of sp³-hybridized carbons (Fsp3) is 0.214. The van der Waals surface area contributed by atoms with Crippen molar-refractivity contribution in [3.05, 3.63) is 58.0 Å². The zero-order valence-electron chi connectivity index (χ0n) is 10.4. The van der Waals surface area contributed by atoms with Crippen LogP contribution in [0.1, 0.15) is 16.5 Å². The average Bonchev–Trinajstić information content (AvgIpc) is 2.94. The van der Waals surface area contributed by atoms with E-state index in [1.165, 1.54) is 19.2 Å². The third-order valence-corrected chi connectivity index (χ3v) is 3.65. The van der Waals surface area contributed by atoms with E-state index in [9.17, 15) is 9.18 Å². The summed E-state index contributed by atoms with van der Waals surface area (Å²) in [7, 11) is 1.35. The van der Waals surface area contributed by atoms with Crippen LogP contribution in [0.4, 0.5) is 4.39 Å². The van der Waals surface area contributed by atoms with Crippen molar-refractivity contribution in [2.45, 2.75) is 6.04 Å². The van der Waals surface area contributed by atoms with Crippen molar-refractivity contribution in [1.29, 1.82) is 0 Å². The Hall–Kier alpha value is -1.72. The van der Waals surface area contributed by atoms with Gasteiger partial charge in [0, 0.05) is 4.88 Å². The summed E-state index contributed by atoms with van der Waals surface area (Å²) < 4.78 is 17.6. The third kappa shape index (κ3) is 3.62. The zero-order valence-corrected chi connectivity index (χ0v) is 11.2. The second kappa shape index (κ2) is 6.45. The predicted octanol–water partition coefficient (Wildman–Crippen LogP) is 2.74. The van der Waals surface area contributed by atoms with Crippen molar-refractivity contribution in [2.75, 3.05) is 13.7 Å². The van der Waals surface area contributed by atoms with Gasteiger partial charge >= 0.3 is 5.97 Å². The van der Waals surface area contributed by atoms with Gasteiger partial charge in [0.1, 0.15) is 5.82 Å². The molecule has 0 saturated heterocycles. The molecule has 0 amide bonds. The number of carbonyl (C=O) groups excluding carboxylic acids is 1. The van der Waals surface area contributed by atoms with Gasteiger partial charge in [-0.1, -0.05) is 18.2 Å². The van der Waals surface area contributed by atoms with Crippen LogP contribution in [0, 0.1) is 5.82 Å². The van der Waals surface area contributed by atoms with Gasteiger partial charge in [0.05, 0.1) is 19.7 Å². The number of carbonyl (C=O) groups is 1. The number of ether oxygens (including phenoxy) is 1. The van der Waals surface area contributed by atoms with Crippen LogP contribution >= 0.6 is 11.3 Å². The highest BCUT2D eigenvalue weighted by atomic mass is 32.1. The maximum absolute atomic E-state index is 13.0. The van der Waals surface area contributed by atoms with Gasteiger partial charge in [0.15, 0.2) is 0 Å². The quantitative estimate of drug-likeness (QED) is 0.855. The lowest BCUT2D eigenvalue weighted by atomic mass is 10.1. The maximum Gasteiger partial charge on any atom is 0.319 e. The first-order valence-electron chi connectivity index (χ1n) is 5.80. The van der Waals surface area contributed by atoms with Crippen LogP contribution in [-0.2, 0) is 9.53 Å². The molecular formula is C14H14FNO2S. The van der Waals surface area contributed by atoms with Crippen LogP contribution in [0.2, 0.25) is 0 Å². The number of nitrogens with one attached hydrogen (secondary N) is 1. The van der Waals surface area contributed by atoms with E-state index in [2.05, 4.69) is 10.1 Å². The first-order valence-corrected chi connectivity index (χ1v) is 6.67. The predicted molar refractivity (Wildman–Crippen MR) is 72.6 cm³/mol. The van der Waals surface area contributed by atoms with Gasteiger partial charge in [0.25, 0.3) is 0 Å². The molecular weight excluding hydrogens is 265 g/mol. The minimum Gasteiger partial charge on any atom is -0.468 e. The van der Waals surface area contributed by atoms with Crippen molar-refractivity contribution in [3.63, 3.8) is 0 Å². The number of halogens is 1. The number of benzene rings is 1. The highest BCUT2D eigenvalue weighted by Gasteiger charge is 2.16. The number of rotatable bonds is 5. The summed E-state index contributed by atoms with van der Waals surface area (Å²) in [6.45, 7) is 0.108. The van der Waals surface area contributed by atoms with E-state index in [1.54, 1.807) is 23.5 Å². The fourth-order valence-corrected chi connectivity index (χ4v) is 2.58. The Morgan fingerprint density at radius 1 is 1.37 bits per heavy atom. The van der Waals surface area contributed by atoms with Crippen molar-refractivity contribution in [3.8, 4) is 0 Å². The number of hydrogen-bond acceptors (Lipinski definition) is 4. The largest absolute Gasteiger partial charge is 0.468 e. The molecule has 0 spiro atoms.